The lowest BCUT2D eigenvalue weighted by Gasteiger charge is -2.35. The molecule has 1 saturated heterocycles. The number of benzene rings is 1. The van der Waals surface area contributed by atoms with Crippen LogP contribution in [0.4, 0.5) is 11.4 Å². The van der Waals surface area contributed by atoms with Crippen LogP contribution in [0.2, 0.25) is 5.02 Å². The molecule has 0 atom stereocenters. The molecule has 2 heterocycles. The summed E-state index contributed by atoms with van der Waals surface area (Å²) in [6.45, 7) is 8.09. The highest BCUT2D eigenvalue weighted by Crippen LogP contribution is 2.30. The molecule has 0 spiro atoms. The number of hydrogen-bond donors (Lipinski definition) is 2. The topological polar surface area (TPSA) is 64.3 Å². The lowest BCUT2D eigenvalue weighted by molar-refractivity contribution is 0.102. The Morgan fingerprint density at radius 2 is 2.00 bits per heavy atom. The number of carbonyl (C=O) groups is 1. The van der Waals surface area contributed by atoms with Crippen LogP contribution in [0.1, 0.15) is 30.0 Å². The molecular formula is C19H26ClN5O. The SMILES string of the molecule is CC(C)Cc1cc(C(=O)Nc2cc(Cl)ccc2N2CCN(C)CC2)n[nH]1. The predicted molar refractivity (Wildman–Crippen MR) is 106 cm³/mol. The van der Waals surface area contributed by atoms with Crippen LogP contribution in [0.3, 0.4) is 0 Å². The van der Waals surface area contributed by atoms with E-state index in [2.05, 4.69) is 46.2 Å². The Hall–Kier alpha value is -2.05. The third-order valence-corrected chi connectivity index (χ3v) is 4.78. The fourth-order valence-electron chi connectivity index (χ4n) is 3.14. The summed E-state index contributed by atoms with van der Waals surface area (Å²) in [5.74, 6) is 0.275. The van der Waals surface area contributed by atoms with Crippen molar-refractivity contribution in [2.75, 3.05) is 43.4 Å². The van der Waals surface area contributed by atoms with Crippen LogP contribution in [-0.2, 0) is 6.42 Å². The molecule has 1 amide bonds. The number of anilines is 2. The lowest BCUT2D eigenvalue weighted by atomic mass is 10.1. The molecule has 0 saturated carbocycles. The zero-order valence-corrected chi connectivity index (χ0v) is 16.3. The normalized spacial score (nSPS) is 15.5. The van der Waals surface area contributed by atoms with Crippen LogP contribution in [0, 0.1) is 5.92 Å². The Kier molecular flexibility index (Phi) is 5.84. The minimum Gasteiger partial charge on any atom is -0.367 e. The molecule has 1 aliphatic rings. The molecule has 0 aliphatic carbocycles. The van der Waals surface area contributed by atoms with Gasteiger partial charge in [-0.05, 0) is 43.7 Å². The smallest absolute Gasteiger partial charge is 0.276 e. The maximum Gasteiger partial charge on any atom is 0.276 e. The summed E-state index contributed by atoms with van der Waals surface area (Å²) < 4.78 is 0. The van der Waals surface area contributed by atoms with E-state index >= 15 is 0 Å². The molecule has 1 aliphatic heterocycles. The fourth-order valence-corrected chi connectivity index (χ4v) is 3.31. The van der Waals surface area contributed by atoms with Crippen molar-refractivity contribution >= 4 is 28.9 Å². The Morgan fingerprint density at radius 1 is 1.27 bits per heavy atom. The van der Waals surface area contributed by atoms with Crippen LogP contribution in [0.5, 0.6) is 0 Å². The molecule has 1 aromatic heterocycles. The molecule has 6 nitrogen and oxygen atoms in total. The van der Waals surface area contributed by atoms with Gasteiger partial charge in [0.2, 0.25) is 0 Å². The largest absolute Gasteiger partial charge is 0.367 e. The molecule has 140 valence electrons. The second kappa shape index (κ2) is 8.10. The highest BCUT2D eigenvalue weighted by Gasteiger charge is 2.19. The standard InChI is InChI=1S/C19H26ClN5O/c1-13(2)10-15-12-17(23-22-15)19(26)21-16-11-14(20)4-5-18(16)25-8-6-24(3)7-9-25/h4-5,11-13H,6-10H2,1-3H3,(H,21,26)(H,22,23). The number of piperazine rings is 1. The number of aromatic amines is 1. The first-order valence-electron chi connectivity index (χ1n) is 9.01. The van der Waals surface area contributed by atoms with Crippen LogP contribution in [-0.4, -0.2) is 54.2 Å². The van der Waals surface area contributed by atoms with Crippen molar-refractivity contribution in [3.05, 3.63) is 40.7 Å². The van der Waals surface area contributed by atoms with Crippen molar-refractivity contribution in [2.45, 2.75) is 20.3 Å². The van der Waals surface area contributed by atoms with Crippen molar-refractivity contribution < 1.29 is 4.79 Å². The van der Waals surface area contributed by atoms with Gasteiger partial charge in [-0.25, -0.2) is 0 Å². The highest BCUT2D eigenvalue weighted by atomic mass is 35.5. The maximum atomic E-state index is 12.6. The van der Waals surface area contributed by atoms with E-state index in [4.69, 9.17) is 11.6 Å². The molecule has 2 aromatic rings. The summed E-state index contributed by atoms with van der Waals surface area (Å²) in [4.78, 5) is 17.2. The van der Waals surface area contributed by atoms with Gasteiger partial charge in [-0.2, -0.15) is 5.10 Å². The number of H-pyrrole nitrogens is 1. The van der Waals surface area contributed by atoms with E-state index in [9.17, 15) is 4.79 Å². The molecule has 1 fully saturated rings. The molecule has 0 radical (unpaired) electrons. The maximum absolute atomic E-state index is 12.6. The van der Waals surface area contributed by atoms with Gasteiger partial charge in [0.25, 0.3) is 5.91 Å². The molecular weight excluding hydrogens is 350 g/mol. The Bertz CT molecular complexity index is 765. The lowest BCUT2D eigenvalue weighted by Crippen LogP contribution is -2.44. The Morgan fingerprint density at radius 3 is 2.69 bits per heavy atom. The minimum absolute atomic E-state index is 0.228. The fraction of sp³-hybridized carbons (Fsp3) is 0.474. The van der Waals surface area contributed by atoms with Gasteiger partial charge in [0.15, 0.2) is 5.69 Å². The van der Waals surface area contributed by atoms with E-state index in [0.29, 0.717) is 16.6 Å². The molecule has 3 rings (SSSR count). The van der Waals surface area contributed by atoms with Crippen molar-refractivity contribution in [1.82, 2.24) is 15.1 Å². The van der Waals surface area contributed by atoms with Crippen LogP contribution >= 0.6 is 11.6 Å². The van der Waals surface area contributed by atoms with Gasteiger partial charge in [0.1, 0.15) is 0 Å². The number of carbonyl (C=O) groups excluding carboxylic acids is 1. The van der Waals surface area contributed by atoms with Crippen LogP contribution in [0.25, 0.3) is 0 Å². The summed E-state index contributed by atoms with van der Waals surface area (Å²) >= 11 is 6.17. The van der Waals surface area contributed by atoms with E-state index in [1.807, 2.05) is 18.2 Å². The van der Waals surface area contributed by atoms with E-state index in [-0.39, 0.29) is 5.91 Å². The highest BCUT2D eigenvalue weighted by molar-refractivity contribution is 6.31. The van der Waals surface area contributed by atoms with Gasteiger partial charge in [0.05, 0.1) is 11.4 Å². The average molecular weight is 376 g/mol. The first kappa shape index (κ1) is 18.7. The van der Waals surface area contributed by atoms with Crippen molar-refractivity contribution in [1.29, 1.82) is 0 Å². The number of likely N-dealkylation sites (N-methyl/N-ethyl adjacent to an activating group) is 1. The van der Waals surface area contributed by atoms with Crippen molar-refractivity contribution in [3.63, 3.8) is 0 Å². The number of amides is 1. The molecule has 7 heteroatoms. The van der Waals surface area contributed by atoms with Crippen LogP contribution < -0.4 is 10.2 Å². The first-order valence-corrected chi connectivity index (χ1v) is 9.39. The number of nitrogens with one attached hydrogen (secondary N) is 2. The number of nitrogens with zero attached hydrogens (tertiary/aromatic N) is 3. The van der Waals surface area contributed by atoms with Gasteiger partial charge in [-0.15, -0.1) is 0 Å². The summed E-state index contributed by atoms with van der Waals surface area (Å²) in [7, 11) is 2.12. The van der Waals surface area contributed by atoms with Crippen LogP contribution in [0.15, 0.2) is 24.3 Å². The van der Waals surface area contributed by atoms with E-state index in [1.165, 1.54) is 0 Å². The third kappa shape index (κ3) is 4.56. The second-order valence-corrected chi connectivity index (χ2v) is 7.72. The molecule has 1 aromatic carbocycles. The molecule has 2 N–H and O–H groups in total. The van der Waals surface area contributed by atoms with E-state index < -0.39 is 0 Å². The van der Waals surface area contributed by atoms with Gasteiger partial charge in [-0.3, -0.25) is 9.89 Å². The molecule has 0 bridgehead atoms. The average Bonchev–Trinajstić information content (AvgIpc) is 3.04. The van der Waals surface area contributed by atoms with Gasteiger partial charge < -0.3 is 15.1 Å². The Balaban J connectivity index is 1.77. The molecule has 26 heavy (non-hydrogen) atoms. The summed E-state index contributed by atoms with van der Waals surface area (Å²) in [5.41, 5.74) is 3.08. The zero-order chi connectivity index (χ0) is 18.7. The number of rotatable bonds is 5. The number of hydrogen-bond acceptors (Lipinski definition) is 4. The third-order valence-electron chi connectivity index (χ3n) is 4.54. The number of halogens is 1. The molecule has 0 unspecified atom stereocenters. The van der Waals surface area contributed by atoms with Crippen molar-refractivity contribution in [2.24, 2.45) is 5.92 Å². The first-order chi connectivity index (χ1) is 12.4. The van der Waals surface area contributed by atoms with Gasteiger partial charge in [0, 0.05) is 36.9 Å². The summed E-state index contributed by atoms with van der Waals surface area (Å²) in [5, 5.41) is 10.7. The summed E-state index contributed by atoms with van der Waals surface area (Å²) in [6, 6.07) is 7.45. The van der Waals surface area contributed by atoms with Gasteiger partial charge in [-0.1, -0.05) is 25.4 Å². The Labute approximate surface area is 159 Å². The van der Waals surface area contributed by atoms with E-state index in [1.54, 1.807) is 6.07 Å². The zero-order valence-electron chi connectivity index (χ0n) is 15.6. The van der Waals surface area contributed by atoms with Crippen molar-refractivity contribution in [3.8, 4) is 0 Å². The minimum atomic E-state index is -0.228. The monoisotopic (exact) mass is 375 g/mol. The van der Waals surface area contributed by atoms with Gasteiger partial charge >= 0.3 is 0 Å². The number of aromatic nitrogens is 2. The second-order valence-electron chi connectivity index (χ2n) is 7.28. The quantitative estimate of drug-likeness (QED) is 0.841. The summed E-state index contributed by atoms with van der Waals surface area (Å²) in [6.07, 6.45) is 0.865. The van der Waals surface area contributed by atoms with E-state index in [0.717, 1.165) is 49.7 Å². The predicted octanol–water partition coefficient (Wildman–Crippen LogP) is 3.27.